The van der Waals surface area contributed by atoms with E-state index in [0.717, 1.165) is 18.4 Å². The maximum Gasteiger partial charge on any atom is 0.155 e. The fourth-order valence-electron chi connectivity index (χ4n) is 1.88. The lowest BCUT2D eigenvalue weighted by atomic mass is 10.1. The van der Waals surface area contributed by atoms with Crippen LogP contribution in [0.25, 0.3) is 6.08 Å². The van der Waals surface area contributed by atoms with Crippen LogP contribution in [0, 0.1) is 0 Å². The van der Waals surface area contributed by atoms with Crippen molar-refractivity contribution < 1.29 is 4.79 Å². The standard InChI is InChI=1S/C17H25NO/c1-4-5-6-7-8-17(19)14-11-15-9-12-16(13-10-15)18(2)3/h9-14H,4-8H2,1-3H3. The fraction of sp³-hybridized carbons (Fsp3) is 0.471. The van der Waals surface area contributed by atoms with Crippen LogP contribution in [-0.2, 0) is 4.79 Å². The fourth-order valence-corrected chi connectivity index (χ4v) is 1.88. The van der Waals surface area contributed by atoms with Gasteiger partial charge in [0, 0.05) is 26.2 Å². The summed E-state index contributed by atoms with van der Waals surface area (Å²) in [6.07, 6.45) is 8.89. The van der Waals surface area contributed by atoms with E-state index in [0.29, 0.717) is 6.42 Å². The van der Waals surface area contributed by atoms with E-state index in [2.05, 4.69) is 24.0 Å². The van der Waals surface area contributed by atoms with Crippen LogP contribution < -0.4 is 4.90 Å². The molecule has 104 valence electrons. The van der Waals surface area contributed by atoms with Gasteiger partial charge in [0.05, 0.1) is 0 Å². The Morgan fingerprint density at radius 1 is 1.11 bits per heavy atom. The Bertz CT molecular complexity index is 404. The molecule has 0 aliphatic rings. The minimum atomic E-state index is 0.229. The second-order valence-electron chi connectivity index (χ2n) is 5.10. The van der Waals surface area contributed by atoms with Crippen molar-refractivity contribution >= 4 is 17.5 Å². The van der Waals surface area contributed by atoms with E-state index in [9.17, 15) is 4.79 Å². The predicted molar refractivity (Wildman–Crippen MR) is 83.6 cm³/mol. The average Bonchev–Trinajstić information content (AvgIpc) is 2.42. The Morgan fingerprint density at radius 2 is 1.79 bits per heavy atom. The zero-order chi connectivity index (χ0) is 14.1. The van der Waals surface area contributed by atoms with Gasteiger partial charge in [-0.2, -0.15) is 0 Å². The lowest BCUT2D eigenvalue weighted by molar-refractivity contribution is -0.114. The molecule has 19 heavy (non-hydrogen) atoms. The van der Waals surface area contributed by atoms with E-state index >= 15 is 0 Å². The number of rotatable bonds is 8. The van der Waals surface area contributed by atoms with Crippen LogP contribution in [0.1, 0.15) is 44.6 Å². The third kappa shape index (κ3) is 6.23. The molecule has 1 rings (SSSR count). The molecule has 0 aliphatic heterocycles. The number of benzene rings is 1. The molecular weight excluding hydrogens is 234 g/mol. The Morgan fingerprint density at radius 3 is 2.37 bits per heavy atom. The molecule has 0 bridgehead atoms. The Labute approximate surface area is 117 Å². The van der Waals surface area contributed by atoms with Gasteiger partial charge < -0.3 is 4.90 Å². The third-order valence-corrected chi connectivity index (χ3v) is 3.15. The molecule has 0 aromatic heterocycles. The van der Waals surface area contributed by atoms with E-state index in [-0.39, 0.29) is 5.78 Å². The maximum atomic E-state index is 11.7. The zero-order valence-electron chi connectivity index (χ0n) is 12.4. The Balaban J connectivity index is 2.40. The summed E-state index contributed by atoms with van der Waals surface area (Å²) in [4.78, 5) is 13.7. The van der Waals surface area contributed by atoms with Crippen LogP contribution >= 0.6 is 0 Å². The van der Waals surface area contributed by atoms with E-state index in [1.807, 2.05) is 32.3 Å². The molecule has 0 N–H and O–H groups in total. The lowest BCUT2D eigenvalue weighted by Gasteiger charge is -2.11. The van der Waals surface area contributed by atoms with Crippen molar-refractivity contribution in [2.24, 2.45) is 0 Å². The maximum absolute atomic E-state index is 11.7. The van der Waals surface area contributed by atoms with Gasteiger partial charge >= 0.3 is 0 Å². The van der Waals surface area contributed by atoms with E-state index in [1.54, 1.807) is 6.08 Å². The molecule has 0 fully saturated rings. The number of allylic oxidation sites excluding steroid dienone is 1. The highest BCUT2D eigenvalue weighted by molar-refractivity contribution is 5.93. The second-order valence-corrected chi connectivity index (χ2v) is 5.10. The van der Waals surface area contributed by atoms with Gasteiger partial charge in [-0.05, 0) is 30.2 Å². The number of anilines is 1. The quantitative estimate of drug-likeness (QED) is 0.512. The zero-order valence-corrected chi connectivity index (χ0v) is 12.4. The van der Waals surface area contributed by atoms with E-state index < -0.39 is 0 Å². The number of hydrogen-bond donors (Lipinski definition) is 0. The molecular formula is C17H25NO. The van der Waals surface area contributed by atoms with Gasteiger partial charge in [0.2, 0.25) is 0 Å². The lowest BCUT2D eigenvalue weighted by Crippen LogP contribution is -2.07. The van der Waals surface area contributed by atoms with Crippen molar-refractivity contribution in [2.75, 3.05) is 19.0 Å². The summed E-state index contributed by atoms with van der Waals surface area (Å²) in [6.45, 7) is 2.18. The normalized spacial score (nSPS) is 10.9. The van der Waals surface area contributed by atoms with E-state index in [4.69, 9.17) is 0 Å². The van der Waals surface area contributed by atoms with Gasteiger partial charge in [0.1, 0.15) is 0 Å². The third-order valence-electron chi connectivity index (χ3n) is 3.15. The second kappa shape index (κ2) is 8.52. The van der Waals surface area contributed by atoms with Crippen LogP contribution in [0.3, 0.4) is 0 Å². The van der Waals surface area contributed by atoms with E-state index in [1.165, 1.54) is 18.5 Å². The first-order chi connectivity index (χ1) is 9.13. The van der Waals surface area contributed by atoms with Crippen LogP contribution in [-0.4, -0.2) is 19.9 Å². The SMILES string of the molecule is CCCCCCC(=O)C=Cc1ccc(N(C)C)cc1. The molecule has 0 radical (unpaired) electrons. The summed E-state index contributed by atoms with van der Waals surface area (Å²) < 4.78 is 0. The van der Waals surface area contributed by atoms with Gasteiger partial charge in [0.15, 0.2) is 5.78 Å². The van der Waals surface area contributed by atoms with Gasteiger partial charge in [-0.1, -0.05) is 44.4 Å². The first kappa shape index (κ1) is 15.5. The molecule has 0 unspecified atom stereocenters. The largest absolute Gasteiger partial charge is 0.378 e. The van der Waals surface area contributed by atoms with Crippen molar-refractivity contribution in [3.63, 3.8) is 0 Å². The molecule has 0 spiro atoms. The molecule has 2 heteroatoms. The Hall–Kier alpha value is -1.57. The predicted octanol–water partition coefficient (Wildman–Crippen LogP) is 4.31. The number of nitrogens with zero attached hydrogens (tertiary/aromatic N) is 1. The average molecular weight is 259 g/mol. The highest BCUT2D eigenvalue weighted by Gasteiger charge is 1.97. The molecule has 0 amide bonds. The van der Waals surface area contributed by atoms with Crippen molar-refractivity contribution in [1.29, 1.82) is 0 Å². The summed E-state index contributed by atoms with van der Waals surface area (Å²) in [5.74, 6) is 0.229. The Kier molecular flexibility index (Phi) is 6.94. The molecule has 0 heterocycles. The number of carbonyl (C=O) groups is 1. The molecule has 0 saturated heterocycles. The first-order valence-corrected chi connectivity index (χ1v) is 7.11. The van der Waals surface area contributed by atoms with Crippen molar-refractivity contribution in [3.8, 4) is 0 Å². The summed E-state index contributed by atoms with van der Waals surface area (Å²) >= 11 is 0. The van der Waals surface area contributed by atoms with Crippen molar-refractivity contribution in [2.45, 2.75) is 39.0 Å². The first-order valence-electron chi connectivity index (χ1n) is 7.11. The number of carbonyl (C=O) groups excluding carboxylic acids is 1. The molecule has 1 aromatic carbocycles. The number of hydrogen-bond acceptors (Lipinski definition) is 2. The molecule has 1 aromatic rings. The molecule has 0 atom stereocenters. The number of unbranched alkanes of at least 4 members (excludes halogenated alkanes) is 3. The minimum Gasteiger partial charge on any atom is -0.378 e. The smallest absolute Gasteiger partial charge is 0.155 e. The highest BCUT2D eigenvalue weighted by Crippen LogP contribution is 2.13. The summed E-state index contributed by atoms with van der Waals surface area (Å²) in [5, 5.41) is 0. The van der Waals surface area contributed by atoms with Crippen LogP contribution in [0.4, 0.5) is 5.69 Å². The van der Waals surface area contributed by atoms with Gasteiger partial charge in [0.25, 0.3) is 0 Å². The van der Waals surface area contributed by atoms with Crippen LogP contribution in [0.2, 0.25) is 0 Å². The summed E-state index contributed by atoms with van der Waals surface area (Å²) in [5.41, 5.74) is 2.25. The monoisotopic (exact) mass is 259 g/mol. The minimum absolute atomic E-state index is 0.229. The van der Waals surface area contributed by atoms with Crippen LogP contribution in [0.15, 0.2) is 30.3 Å². The van der Waals surface area contributed by atoms with Crippen molar-refractivity contribution in [3.05, 3.63) is 35.9 Å². The topological polar surface area (TPSA) is 20.3 Å². The van der Waals surface area contributed by atoms with Gasteiger partial charge in [-0.3, -0.25) is 4.79 Å². The van der Waals surface area contributed by atoms with Gasteiger partial charge in [-0.15, -0.1) is 0 Å². The summed E-state index contributed by atoms with van der Waals surface area (Å²) in [6, 6.07) is 8.20. The molecule has 0 aliphatic carbocycles. The van der Waals surface area contributed by atoms with Gasteiger partial charge in [-0.25, -0.2) is 0 Å². The number of ketones is 1. The highest BCUT2D eigenvalue weighted by atomic mass is 16.1. The van der Waals surface area contributed by atoms with Crippen molar-refractivity contribution in [1.82, 2.24) is 0 Å². The molecule has 2 nitrogen and oxygen atoms in total. The van der Waals surface area contributed by atoms with Crippen LogP contribution in [0.5, 0.6) is 0 Å². The summed E-state index contributed by atoms with van der Waals surface area (Å²) in [7, 11) is 4.04. The molecule has 0 saturated carbocycles.